The van der Waals surface area contributed by atoms with Gasteiger partial charge in [-0.1, -0.05) is 5.16 Å². The molecule has 1 saturated carbocycles. The quantitative estimate of drug-likeness (QED) is 0.661. The summed E-state index contributed by atoms with van der Waals surface area (Å²) in [5.41, 5.74) is 2.88. The summed E-state index contributed by atoms with van der Waals surface area (Å²) in [6.07, 6.45) is 4.31. The lowest BCUT2D eigenvalue weighted by atomic mass is 10.1. The topological polar surface area (TPSA) is 76.0 Å². The molecule has 0 bridgehead atoms. The maximum absolute atomic E-state index is 12.2. The fourth-order valence-electron chi connectivity index (χ4n) is 2.16. The number of rotatable bonds is 4. The van der Waals surface area contributed by atoms with Crippen molar-refractivity contribution >= 4 is 12.1 Å². The van der Waals surface area contributed by atoms with Crippen LogP contribution in [0.4, 0.5) is 0 Å². The van der Waals surface area contributed by atoms with Gasteiger partial charge < -0.3 is 9.51 Å². The van der Waals surface area contributed by atoms with Crippen LogP contribution in [0.5, 0.6) is 0 Å². The average molecular weight is 244 g/mol. The van der Waals surface area contributed by atoms with Crippen molar-refractivity contribution in [3.8, 4) is 0 Å². The zero-order chi connectivity index (χ0) is 12.7. The Balaban J connectivity index is 2.07. The molecule has 0 aliphatic heterocycles. The maximum atomic E-state index is 12.2. The molecule has 18 heavy (non-hydrogen) atoms. The highest BCUT2D eigenvalue weighted by Gasteiger charge is 2.31. The predicted molar refractivity (Wildman–Crippen MR) is 62.8 cm³/mol. The van der Waals surface area contributed by atoms with Gasteiger partial charge in [-0.15, -0.1) is 0 Å². The van der Waals surface area contributed by atoms with Crippen LogP contribution in [0.3, 0.4) is 0 Å². The normalized spacial score (nSPS) is 14.7. The average Bonchev–Trinajstić information content (AvgIpc) is 2.96. The fraction of sp³-hybridized carbons (Fsp3) is 0.308. The van der Waals surface area contributed by atoms with E-state index in [0.29, 0.717) is 22.7 Å². The number of H-pyrrole nitrogens is 1. The lowest BCUT2D eigenvalue weighted by Gasteiger charge is -1.94. The van der Waals surface area contributed by atoms with Crippen molar-refractivity contribution in [2.45, 2.75) is 25.7 Å². The Labute approximate surface area is 103 Å². The van der Waals surface area contributed by atoms with Crippen molar-refractivity contribution in [3.05, 3.63) is 40.5 Å². The van der Waals surface area contributed by atoms with Crippen molar-refractivity contribution in [2.24, 2.45) is 0 Å². The van der Waals surface area contributed by atoms with Gasteiger partial charge in [0, 0.05) is 17.3 Å². The van der Waals surface area contributed by atoms with Crippen molar-refractivity contribution < 1.29 is 14.1 Å². The van der Waals surface area contributed by atoms with Crippen LogP contribution in [0, 0.1) is 6.92 Å². The molecule has 0 aromatic carbocycles. The first-order valence-electron chi connectivity index (χ1n) is 5.85. The molecule has 2 aromatic rings. The Hall–Kier alpha value is -2.17. The van der Waals surface area contributed by atoms with Gasteiger partial charge in [-0.25, -0.2) is 0 Å². The molecule has 2 heterocycles. The molecule has 0 radical (unpaired) electrons. The number of aromatic amines is 1. The second-order valence-electron chi connectivity index (χ2n) is 4.56. The van der Waals surface area contributed by atoms with Gasteiger partial charge in [-0.05, 0) is 31.2 Å². The number of aromatic nitrogens is 2. The molecule has 1 fully saturated rings. The van der Waals surface area contributed by atoms with Crippen LogP contribution in [0.1, 0.15) is 56.6 Å². The van der Waals surface area contributed by atoms with E-state index in [1.54, 1.807) is 6.92 Å². The molecule has 2 aromatic heterocycles. The van der Waals surface area contributed by atoms with E-state index < -0.39 is 0 Å². The third kappa shape index (κ3) is 1.59. The third-order valence-electron chi connectivity index (χ3n) is 3.33. The molecular weight excluding hydrogens is 232 g/mol. The minimum atomic E-state index is -0.240. The second kappa shape index (κ2) is 3.94. The summed E-state index contributed by atoms with van der Waals surface area (Å²) in [6.45, 7) is 1.78. The van der Waals surface area contributed by atoms with Gasteiger partial charge in [0.2, 0.25) is 5.78 Å². The van der Waals surface area contributed by atoms with Crippen LogP contribution in [0.2, 0.25) is 0 Å². The first-order valence-corrected chi connectivity index (χ1v) is 5.85. The fourth-order valence-corrected chi connectivity index (χ4v) is 2.16. The summed E-state index contributed by atoms with van der Waals surface area (Å²) in [5, 5.41) is 3.63. The molecule has 0 spiro atoms. The van der Waals surface area contributed by atoms with E-state index in [0.717, 1.165) is 24.8 Å². The maximum Gasteiger partial charge on any atom is 0.231 e. The van der Waals surface area contributed by atoms with Gasteiger partial charge in [0.05, 0.1) is 5.69 Å². The number of ketones is 1. The van der Waals surface area contributed by atoms with Gasteiger partial charge in [-0.3, -0.25) is 9.59 Å². The molecule has 5 heteroatoms. The second-order valence-corrected chi connectivity index (χ2v) is 4.56. The molecular formula is C13H12N2O3. The summed E-state index contributed by atoms with van der Waals surface area (Å²) in [4.78, 5) is 26.4. The molecule has 0 atom stereocenters. The largest absolute Gasteiger partial charge is 0.364 e. The van der Waals surface area contributed by atoms with Gasteiger partial charge >= 0.3 is 0 Å². The number of hydrogen-bond donors (Lipinski definition) is 1. The molecule has 1 N–H and O–H groups in total. The summed E-state index contributed by atoms with van der Waals surface area (Å²) in [6, 6.07) is 1.51. The molecule has 0 saturated heterocycles. The standard InChI is InChI=1S/C13H12N2O3/c1-7-9(6-16)12(8-2-3-8)14-11(7)13(17)10-4-5-18-15-10/h4-6,8,14H,2-3H2,1H3. The SMILES string of the molecule is Cc1c(C(=O)c2ccon2)[nH]c(C2CC2)c1C=O. The van der Waals surface area contributed by atoms with Crippen LogP contribution >= 0.6 is 0 Å². The predicted octanol–water partition coefficient (Wildman–Crippen LogP) is 2.23. The van der Waals surface area contributed by atoms with Crippen molar-refractivity contribution in [3.63, 3.8) is 0 Å². The highest BCUT2D eigenvalue weighted by Crippen LogP contribution is 2.42. The van der Waals surface area contributed by atoms with E-state index in [1.807, 2.05) is 0 Å². The monoisotopic (exact) mass is 244 g/mol. The molecule has 92 valence electrons. The van der Waals surface area contributed by atoms with E-state index in [4.69, 9.17) is 0 Å². The Kier molecular flexibility index (Phi) is 2.40. The Bertz CT molecular complexity index is 606. The van der Waals surface area contributed by atoms with E-state index in [-0.39, 0.29) is 11.5 Å². The van der Waals surface area contributed by atoms with Gasteiger partial charge in [0.15, 0.2) is 12.0 Å². The third-order valence-corrected chi connectivity index (χ3v) is 3.33. The van der Waals surface area contributed by atoms with Crippen molar-refractivity contribution in [1.82, 2.24) is 10.1 Å². The number of hydrogen-bond acceptors (Lipinski definition) is 4. The molecule has 0 unspecified atom stereocenters. The highest BCUT2D eigenvalue weighted by atomic mass is 16.5. The lowest BCUT2D eigenvalue weighted by Crippen LogP contribution is -2.04. The van der Waals surface area contributed by atoms with Gasteiger partial charge in [-0.2, -0.15) is 0 Å². The molecule has 0 amide bonds. The van der Waals surface area contributed by atoms with Gasteiger partial charge in [0.25, 0.3) is 0 Å². The molecule has 1 aliphatic rings. The zero-order valence-corrected chi connectivity index (χ0v) is 9.90. The molecule has 3 rings (SSSR count). The van der Waals surface area contributed by atoms with Crippen LogP contribution < -0.4 is 0 Å². The number of carbonyl (C=O) groups is 2. The van der Waals surface area contributed by atoms with Crippen LogP contribution in [-0.2, 0) is 0 Å². The summed E-state index contributed by atoms with van der Waals surface area (Å²) in [5.74, 6) is 0.152. The minimum Gasteiger partial charge on any atom is -0.364 e. The number of nitrogens with zero attached hydrogens (tertiary/aromatic N) is 1. The first-order chi connectivity index (χ1) is 8.72. The Morgan fingerprint density at radius 2 is 2.33 bits per heavy atom. The van der Waals surface area contributed by atoms with E-state index in [2.05, 4.69) is 14.7 Å². The number of carbonyl (C=O) groups excluding carboxylic acids is 2. The first kappa shape index (κ1) is 11.0. The lowest BCUT2D eigenvalue weighted by molar-refractivity contribution is 0.102. The van der Waals surface area contributed by atoms with E-state index in [9.17, 15) is 9.59 Å². The summed E-state index contributed by atoms with van der Waals surface area (Å²) >= 11 is 0. The summed E-state index contributed by atoms with van der Waals surface area (Å²) in [7, 11) is 0. The highest BCUT2D eigenvalue weighted by molar-refractivity contribution is 6.08. The van der Waals surface area contributed by atoms with Crippen molar-refractivity contribution in [2.75, 3.05) is 0 Å². The number of aldehydes is 1. The number of nitrogens with one attached hydrogen (secondary N) is 1. The van der Waals surface area contributed by atoms with Crippen molar-refractivity contribution in [1.29, 1.82) is 0 Å². The Morgan fingerprint density at radius 3 is 2.89 bits per heavy atom. The van der Waals surface area contributed by atoms with Crippen LogP contribution in [0.15, 0.2) is 16.9 Å². The smallest absolute Gasteiger partial charge is 0.231 e. The van der Waals surface area contributed by atoms with Crippen LogP contribution in [-0.4, -0.2) is 22.2 Å². The molecule has 5 nitrogen and oxygen atoms in total. The van der Waals surface area contributed by atoms with E-state index in [1.165, 1.54) is 12.3 Å². The van der Waals surface area contributed by atoms with E-state index >= 15 is 0 Å². The minimum absolute atomic E-state index is 0.240. The summed E-state index contributed by atoms with van der Waals surface area (Å²) < 4.78 is 4.67. The Morgan fingerprint density at radius 1 is 1.56 bits per heavy atom. The molecule has 1 aliphatic carbocycles. The zero-order valence-electron chi connectivity index (χ0n) is 9.90. The van der Waals surface area contributed by atoms with Gasteiger partial charge in [0.1, 0.15) is 6.26 Å². The van der Waals surface area contributed by atoms with Crippen LogP contribution in [0.25, 0.3) is 0 Å².